The van der Waals surface area contributed by atoms with Crippen molar-refractivity contribution >= 4 is 0 Å². The van der Waals surface area contributed by atoms with Crippen LogP contribution >= 0.6 is 0 Å². The lowest BCUT2D eigenvalue weighted by Gasteiger charge is -2.25. The summed E-state index contributed by atoms with van der Waals surface area (Å²) in [5.41, 5.74) is 3.12. The van der Waals surface area contributed by atoms with Crippen molar-refractivity contribution in [1.82, 2.24) is 4.90 Å². The minimum atomic E-state index is 0.336. The lowest BCUT2D eigenvalue weighted by atomic mass is 9.92. The number of aryl methyl sites for hydroxylation is 1. The predicted molar refractivity (Wildman–Crippen MR) is 92.2 cm³/mol. The molecule has 126 valence electrons. The van der Waals surface area contributed by atoms with Gasteiger partial charge in [0.05, 0.1) is 13.2 Å². The Hall–Kier alpha value is -1.06. The van der Waals surface area contributed by atoms with Crippen molar-refractivity contribution in [2.24, 2.45) is 0 Å². The molecule has 0 amide bonds. The SMILES string of the molecule is CN1CCC[C@@H]1C[C@@H]1CCc2ccc(OC3CCOCC3)cc21. The number of rotatable bonds is 4. The van der Waals surface area contributed by atoms with Gasteiger partial charge in [0.1, 0.15) is 11.9 Å². The normalized spacial score (nSPS) is 28.9. The molecule has 0 spiro atoms. The van der Waals surface area contributed by atoms with E-state index in [1.165, 1.54) is 38.6 Å². The number of nitrogens with zero attached hydrogens (tertiary/aromatic N) is 1. The van der Waals surface area contributed by atoms with Crippen molar-refractivity contribution in [3.8, 4) is 5.75 Å². The summed E-state index contributed by atoms with van der Waals surface area (Å²) in [5.74, 6) is 1.80. The Morgan fingerprint density at radius 2 is 2.04 bits per heavy atom. The Kier molecular flexibility index (Phi) is 4.59. The van der Waals surface area contributed by atoms with E-state index in [4.69, 9.17) is 9.47 Å². The number of benzene rings is 1. The van der Waals surface area contributed by atoms with Gasteiger partial charge in [0.15, 0.2) is 0 Å². The van der Waals surface area contributed by atoms with Crippen molar-refractivity contribution in [1.29, 1.82) is 0 Å². The van der Waals surface area contributed by atoms with E-state index in [0.717, 1.165) is 43.8 Å². The highest BCUT2D eigenvalue weighted by Crippen LogP contribution is 2.40. The van der Waals surface area contributed by atoms with Gasteiger partial charge in [-0.05, 0) is 74.9 Å². The number of ether oxygens (including phenoxy) is 2. The van der Waals surface area contributed by atoms with Gasteiger partial charge in [-0.25, -0.2) is 0 Å². The molecule has 2 heterocycles. The zero-order valence-corrected chi connectivity index (χ0v) is 14.3. The minimum absolute atomic E-state index is 0.336. The monoisotopic (exact) mass is 315 g/mol. The Morgan fingerprint density at radius 1 is 1.17 bits per heavy atom. The lowest BCUT2D eigenvalue weighted by Crippen LogP contribution is -2.26. The standard InChI is InChI=1S/C20H29NO2/c1-21-10-2-3-17(21)13-16-5-4-15-6-7-19(14-20(15)16)23-18-8-11-22-12-9-18/h6-7,14,16-18H,2-5,8-13H2,1H3/t16-,17+/m0/s1. The fourth-order valence-electron chi connectivity index (χ4n) is 4.58. The Balaban J connectivity index is 1.45. The highest BCUT2D eigenvalue weighted by atomic mass is 16.5. The molecule has 3 nitrogen and oxygen atoms in total. The number of likely N-dealkylation sites (tertiary alicyclic amines) is 1. The van der Waals surface area contributed by atoms with Crippen molar-refractivity contribution in [2.75, 3.05) is 26.8 Å². The van der Waals surface area contributed by atoms with Gasteiger partial charge in [0.2, 0.25) is 0 Å². The van der Waals surface area contributed by atoms with Crippen LogP contribution in [0.2, 0.25) is 0 Å². The summed E-state index contributed by atoms with van der Waals surface area (Å²) in [7, 11) is 2.29. The molecule has 3 heteroatoms. The average molecular weight is 315 g/mol. The number of hydrogen-bond donors (Lipinski definition) is 0. The van der Waals surface area contributed by atoms with Crippen LogP contribution in [0, 0.1) is 0 Å². The van der Waals surface area contributed by atoms with Crippen LogP contribution in [-0.2, 0) is 11.2 Å². The van der Waals surface area contributed by atoms with E-state index in [1.807, 2.05) is 0 Å². The second-order valence-corrected chi connectivity index (χ2v) is 7.54. The fraction of sp³-hybridized carbons (Fsp3) is 0.700. The van der Waals surface area contributed by atoms with Gasteiger partial charge in [-0.1, -0.05) is 6.07 Å². The highest BCUT2D eigenvalue weighted by Gasteiger charge is 2.29. The molecule has 4 rings (SSSR count). The van der Waals surface area contributed by atoms with Crippen molar-refractivity contribution < 1.29 is 9.47 Å². The third-order valence-corrected chi connectivity index (χ3v) is 6.02. The highest BCUT2D eigenvalue weighted by molar-refractivity contribution is 5.41. The summed E-state index contributed by atoms with van der Waals surface area (Å²) in [4.78, 5) is 2.56. The largest absolute Gasteiger partial charge is 0.490 e. The van der Waals surface area contributed by atoms with Gasteiger partial charge in [-0.2, -0.15) is 0 Å². The van der Waals surface area contributed by atoms with Gasteiger partial charge in [0.25, 0.3) is 0 Å². The summed E-state index contributed by atoms with van der Waals surface area (Å²) >= 11 is 0. The number of hydrogen-bond acceptors (Lipinski definition) is 3. The van der Waals surface area contributed by atoms with E-state index in [1.54, 1.807) is 11.1 Å². The average Bonchev–Trinajstić information content (AvgIpc) is 3.16. The topological polar surface area (TPSA) is 21.7 Å². The minimum Gasteiger partial charge on any atom is -0.490 e. The Morgan fingerprint density at radius 3 is 2.83 bits per heavy atom. The third-order valence-electron chi connectivity index (χ3n) is 6.02. The second-order valence-electron chi connectivity index (χ2n) is 7.54. The second kappa shape index (κ2) is 6.82. The van der Waals surface area contributed by atoms with Gasteiger partial charge in [0, 0.05) is 18.9 Å². The van der Waals surface area contributed by atoms with E-state index in [9.17, 15) is 0 Å². The van der Waals surface area contributed by atoms with Crippen molar-refractivity contribution in [3.63, 3.8) is 0 Å². The van der Waals surface area contributed by atoms with Crippen molar-refractivity contribution in [2.45, 2.75) is 63.0 Å². The molecule has 3 aliphatic rings. The first-order valence-electron chi connectivity index (χ1n) is 9.37. The molecule has 0 bridgehead atoms. The Labute approximate surface area is 140 Å². The Bertz CT molecular complexity index is 538. The van der Waals surface area contributed by atoms with Crippen LogP contribution in [0.4, 0.5) is 0 Å². The number of fused-ring (bicyclic) bond motifs is 1. The van der Waals surface area contributed by atoms with Crippen LogP contribution < -0.4 is 4.74 Å². The molecular formula is C20H29NO2. The zero-order chi connectivity index (χ0) is 15.6. The van der Waals surface area contributed by atoms with Crippen LogP contribution in [0.25, 0.3) is 0 Å². The smallest absolute Gasteiger partial charge is 0.120 e. The van der Waals surface area contributed by atoms with E-state index < -0.39 is 0 Å². The molecule has 0 aromatic heterocycles. The molecule has 0 radical (unpaired) electrons. The summed E-state index contributed by atoms with van der Waals surface area (Å²) in [6.45, 7) is 2.95. The first kappa shape index (κ1) is 15.5. The molecular weight excluding hydrogens is 286 g/mol. The van der Waals surface area contributed by atoms with Crippen LogP contribution in [0.1, 0.15) is 55.6 Å². The van der Waals surface area contributed by atoms with E-state index in [0.29, 0.717) is 6.10 Å². The molecule has 0 unspecified atom stereocenters. The van der Waals surface area contributed by atoms with Gasteiger partial charge in [-0.15, -0.1) is 0 Å². The van der Waals surface area contributed by atoms with Crippen molar-refractivity contribution in [3.05, 3.63) is 29.3 Å². The maximum atomic E-state index is 6.23. The lowest BCUT2D eigenvalue weighted by molar-refractivity contribution is 0.0255. The molecule has 2 atom stereocenters. The molecule has 2 aliphatic heterocycles. The zero-order valence-electron chi connectivity index (χ0n) is 14.3. The van der Waals surface area contributed by atoms with E-state index in [-0.39, 0.29) is 0 Å². The molecule has 1 aliphatic carbocycles. The maximum Gasteiger partial charge on any atom is 0.120 e. The van der Waals surface area contributed by atoms with Gasteiger partial charge < -0.3 is 14.4 Å². The third kappa shape index (κ3) is 3.41. The molecule has 0 saturated carbocycles. The summed E-state index contributed by atoms with van der Waals surface area (Å²) in [5, 5.41) is 0. The first-order chi connectivity index (χ1) is 11.3. The summed E-state index contributed by atoms with van der Waals surface area (Å²) in [6, 6.07) is 7.61. The fourth-order valence-corrected chi connectivity index (χ4v) is 4.58. The molecule has 2 fully saturated rings. The molecule has 0 N–H and O–H groups in total. The van der Waals surface area contributed by atoms with Crippen LogP contribution in [-0.4, -0.2) is 43.9 Å². The molecule has 1 aromatic rings. The molecule has 2 saturated heterocycles. The van der Waals surface area contributed by atoms with Crippen LogP contribution in [0.15, 0.2) is 18.2 Å². The van der Waals surface area contributed by atoms with E-state index in [2.05, 4.69) is 30.1 Å². The molecule has 1 aromatic carbocycles. The summed E-state index contributed by atoms with van der Waals surface area (Å²) < 4.78 is 11.7. The summed E-state index contributed by atoms with van der Waals surface area (Å²) in [6.07, 6.45) is 9.01. The molecule has 23 heavy (non-hydrogen) atoms. The van der Waals surface area contributed by atoms with Crippen LogP contribution in [0.3, 0.4) is 0 Å². The predicted octanol–water partition coefficient (Wildman–Crippen LogP) is 3.76. The van der Waals surface area contributed by atoms with Gasteiger partial charge >= 0.3 is 0 Å². The quantitative estimate of drug-likeness (QED) is 0.844. The van der Waals surface area contributed by atoms with Gasteiger partial charge in [-0.3, -0.25) is 0 Å². The maximum absolute atomic E-state index is 6.23. The first-order valence-corrected chi connectivity index (χ1v) is 9.37. The van der Waals surface area contributed by atoms with E-state index >= 15 is 0 Å². The van der Waals surface area contributed by atoms with Crippen LogP contribution in [0.5, 0.6) is 5.75 Å².